The molecule has 8 N–H and O–H groups in total. The molecule has 220 valence electrons. The van der Waals surface area contributed by atoms with Gasteiger partial charge < -0.3 is 41.2 Å². The molecule has 0 saturated heterocycles. The van der Waals surface area contributed by atoms with Crippen LogP contribution in [-0.2, 0) is 9.59 Å². The summed E-state index contributed by atoms with van der Waals surface area (Å²) in [7, 11) is -2.01. The molecule has 0 spiro atoms. The lowest BCUT2D eigenvalue weighted by Gasteiger charge is -2.10. The average Bonchev–Trinajstić information content (AvgIpc) is 2.89. The second-order valence-electron chi connectivity index (χ2n) is 9.45. The van der Waals surface area contributed by atoms with Crippen molar-refractivity contribution in [2.45, 2.75) is 84.0 Å². The van der Waals surface area contributed by atoms with Crippen LogP contribution in [0.25, 0.3) is 0 Å². The highest BCUT2D eigenvalue weighted by Gasteiger charge is 2.20. The van der Waals surface area contributed by atoms with Crippen molar-refractivity contribution >= 4 is 42.9 Å². The van der Waals surface area contributed by atoms with Gasteiger partial charge in [-0.25, -0.2) is 0 Å². The third kappa shape index (κ3) is 20.2. The van der Waals surface area contributed by atoms with Crippen molar-refractivity contribution < 1.29 is 39.6 Å². The smallest absolute Gasteiger partial charge is 0.480 e. The monoisotopic (exact) mass is 551 g/mol. The fourth-order valence-corrected chi connectivity index (χ4v) is 3.70. The highest BCUT2D eigenvalue weighted by atomic mass is 16.4. The Morgan fingerprint density at radius 2 is 1.21 bits per heavy atom. The third-order valence-electron chi connectivity index (χ3n) is 5.88. The van der Waals surface area contributed by atoms with E-state index in [1.807, 2.05) is 0 Å². The molecule has 1 rings (SSSR count). The van der Waals surface area contributed by atoms with Gasteiger partial charge in [-0.2, -0.15) is 0 Å². The van der Waals surface area contributed by atoms with E-state index in [2.05, 4.69) is 22.9 Å². The van der Waals surface area contributed by atoms with Crippen LogP contribution in [0.3, 0.4) is 0 Å². The number of amides is 2. The molecule has 2 amide bonds. The number of rotatable bonds is 20. The maximum absolute atomic E-state index is 12.3. The van der Waals surface area contributed by atoms with Gasteiger partial charge in [-0.05, 0) is 49.4 Å². The minimum atomic E-state index is -1.80. The lowest BCUT2D eigenvalue weighted by Crippen LogP contribution is -2.40. The number of hydrogen-bond acceptors (Lipinski definition) is 8. The second kappa shape index (κ2) is 23.4. The van der Waals surface area contributed by atoms with Crippen LogP contribution in [0.2, 0.25) is 0 Å². The van der Waals surface area contributed by atoms with Gasteiger partial charge >= 0.3 is 20.2 Å². The molecule has 0 saturated carbocycles. The molecule has 0 aliphatic carbocycles. The Morgan fingerprint density at radius 3 is 1.64 bits per heavy atom. The first-order valence-electron chi connectivity index (χ1n) is 13.9. The van der Waals surface area contributed by atoms with Crippen molar-refractivity contribution in [2.75, 3.05) is 26.7 Å². The molecule has 1 aromatic rings. The Bertz CT molecular complexity index is 802. The van der Waals surface area contributed by atoms with E-state index < -0.39 is 26.1 Å². The first-order chi connectivity index (χ1) is 18.6. The number of carbonyl (C=O) groups excluding carboxylic acids is 2. The van der Waals surface area contributed by atoms with E-state index in [9.17, 15) is 34.5 Å². The number of benzene rings is 1. The quantitative estimate of drug-likeness (QED) is 0.0808. The summed E-state index contributed by atoms with van der Waals surface area (Å²) in [4.78, 5) is 33.4. The Kier molecular flexibility index (Phi) is 22.0. The Balaban J connectivity index is 0.00000215. The number of carboxylic acids is 1. The molecule has 0 heterocycles. The Morgan fingerprint density at radius 1 is 0.718 bits per heavy atom. The molecule has 13 heteroatoms. The zero-order valence-corrected chi connectivity index (χ0v) is 23.5. The second-order valence-corrected chi connectivity index (χ2v) is 9.45. The summed E-state index contributed by atoms with van der Waals surface area (Å²) in [6.07, 6.45) is 12.4. The van der Waals surface area contributed by atoms with Gasteiger partial charge in [-0.3, -0.25) is 14.4 Å². The van der Waals surface area contributed by atoms with Gasteiger partial charge in [0.1, 0.15) is 0 Å². The summed E-state index contributed by atoms with van der Waals surface area (Å²) in [6, 6.07) is 3.88. The lowest BCUT2D eigenvalue weighted by atomic mass is 9.72. The maximum Gasteiger partial charge on any atom is 0.488 e. The molecule has 11 nitrogen and oxygen atoms in total. The summed E-state index contributed by atoms with van der Waals surface area (Å²) in [5, 5.41) is 53.3. The van der Waals surface area contributed by atoms with Crippen LogP contribution in [0.5, 0.6) is 0 Å². The molecule has 0 atom stereocenters. The van der Waals surface area contributed by atoms with Crippen LogP contribution in [0.1, 0.15) is 94.3 Å². The predicted molar refractivity (Wildman–Crippen MR) is 154 cm³/mol. The van der Waals surface area contributed by atoms with E-state index in [0.29, 0.717) is 13.0 Å². The number of unbranched alkanes of at least 4 members (excludes halogenated alkanes) is 9. The van der Waals surface area contributed by atoms with Crippen molar-refractivity contribution in [1.82, 2.24) is 16.0 Å². The van der Waals surface area contributed by atoms with Gasteiger partial charge in [0, 0.05) is 25.1 Å². The highest BCUT2D eigenvalue weighted by Crippen LogP contribution is 2.10. The van der Waals surface area contributed by atoms with E-state index in [1.54, 1.807) is 7.05 Å². The number of carbonyl (C=O) groups is 3. The molecule has 0 unspecified atom stereocenters. The van der Waals surface area contributed by atoms with Gasteiger partial charge in [0.05, 0.1) is 6.54 Å². The van der Waals surface area contributed by atoms with E-state index in [0.717, 1.165) is 64.3 Å². The number of nitrogens with one attached hydrogen (secondary N) is 3. The highest BCUT2D eigenvalue weighted by molar-refractivity contribution is 6.62. The zero-order valence-electron chi connectivity index (χ0n) is 23.5. The van der Waals surface area contributed by atoms with Gasteiger partial charge in [-0.1, -0.05) is 64.4 Å². The molecule has 0 bridgehead atoms. The van der Waals surface area contributed by atoms with Crippen molar-refractivity contribution in [3.8, 4) is 0 Å². The summed E-state index contributed by atoms with van der Waals surface area (Å²) < 4.78 is 0. The molecule has 0 fully saturated rings. The summed E-state index contributed by atoms with van der Waals surface area (Å²) in [5.74, 6) is -1.04. The van der Waals surface area contributed by atoms with Crippen molar-refractivity contribution in [3.05, 3.63) is 23.8 Å². The topological polar surface area (TPSA) is 188 Å². The average molecular weight is 551 g/mol. The summed E-state index contributed by atoms with van der Waals surface area (Å²) in [6.45, 7) is 3.44. The van der Waals surface area contributed by atoms with E-state index in [1.165, 1.54) is 31.0 Å². The van der Waals surface area contributed by atoms with Crippen LogP contribution in [0, 0.1) is 0 Å². The molecule has 0 aromatic heterocycles. The standard InChI is InChI=1S/C23H40B2N2O6.C3H7NO2/c1-2-3-14-26-22(28)13-11-9-7-5-4-6-8-10-12-15-27-23(29)19-16-20(24(30)31)18-21(17-19)25(32)33;1-4-2-3(5)6/h16-18,30-33H,2-15H2,1H3,(H,26,28)(H,27,29);4H,2H2,1H3,(H,5,6). The third-order valence-corrected chi connectivity index (χ3v) is 5.88. The van der Waals surface area contributed by atoms with Crippen molar-refractivity contribution in [2.24, 2.45) is 0 Å². The SMILES string of the molecule is CCCCNC(=O)CCCCCCCCCCCNC(=O)c1cc(B(O)O)cc(B(O)O)c1.CNCC(=O)O. The van der Waals surface area contributed by atoms with Gasteiger partial charge in [0.15, 0.2) is 0 Å². The van der Waals surface area contributed by atoms with Gasteiger partial charge in [0.25, 0.3) is 5.91 Å². The van der Waals surface area contributed by atoms with Crippen molar-refractivity contribution in [1.29, 1.82) is 0 Å². The van der Waals surface area contributed by atoms with Crippen LogP contribution in [0.15, 0.2) is 18.2 Å². The molecule has 0 aliphatic rings. The lowest BCUT2D eigenvalue weighted by molar-refractivity contribution is -0.135. The molecular weight excluding hydrogens is 504 g/mol. The molecule has 1 aromatic carbocycles. The number of aliphatic carboxylic acids is 1. The fourth-order valence-electron chi connectivity index (χ4n) is 3.70. The zero-order chi connectivity index (χ0) is 29.5. The van der Waals surface area contributed by atoms with E-state index >= 15 is 0 Å². The molecule has 0 aliphatic heterocycles. The first-order valence-corrected chi connectivity index (χ1v) is 13.9. The van der Waals surface area contributed by atoms with Crippen LogP contribution in [-0.4, -0.2) is 83.9 Å². The van der Waals surface area contributed by atoms with Crippen LogP contribution < -0.4 is 26.9 Å². The van der Waals surface area contributed by atoms with E-state index in [-0.39, 0.29) is 28.9 Å². The van der Waals surface area contributed by atoms with Gasteiger partial charge in [0.2, 0.25) is 5.91 Å². The largest absolute Gasteiger partial charge is 0.488 e. The van der Waals surface area contributed by atoms with Gasteiger partial charge in [-0.15, -0.1) is 0 Å². The predicted octanol–water partition coefficient (Wildman–Crippen LogP) is -0.116. The Hall–Kier alpha value is -2.44. The van der Waals surface area contributed by atoms with Crippen molar-refractivity contribution in [3.63, 3.8) is 0 Å². The number of likely N-dealkylation sites (N-methyl/N-ethyl adjacent to an activating group) is 1. The summed E-state index contributed by atoms with van der Waals surface area (Å²) >= 11 is 0. The molecular formula is C26H47B2N3O8. The first kappa shape index (κ1) is 36.6. The van der Waals surface area contributed by atoms with Crippen LogP contribution >= 0.6 is 0 Å². The Labute approximate surface area is 233 Å². The summed E-state index contributed by atoms with van der Waals surface area (Å²) in [5.41, 5.74) is 0.212. The molecule has 39 heavy (non-hydrogen) atoms. The normalized spacial score (nSPS) is 10.3. The van der Waals surface area contributed by atoms with E-state index in [4.69, 9.17) is 5.11 Å². The minimum Gasteiger partial charge on any atom is -0.480 e. The minimum absolute atomic E-state index is 0.0287. The fraction of sp³-hybridized carbons (Fsp3) is 0.654. The van der Waals surface area contributed by atoms with Crippen LogP contribution in [0.4, 0.5) is 0 Å². The number of hydrogen-bond donors (Lipinski definition) is 8. The maximum atomic E-state index is 12.3. The molecule has 0 radical (unpaired) electrons. The number of carboxylic acid groups (broad SMARTS) is 1.